The van der Waals surface area contributed by atoms with E-state index < -0.39 is 0 Å². The minimum atomic E-state index is 0.785. The topological polar surface area (TPSA) is 95.2 Å². The molecule has 7 nitrogen and oxygen atoms in total. The number of nitrogens with one attached hydrogen (secondary N) is 3. The van der Waals surface area contributed by atoms with Crippen LogP contribution in [-0.2, 0) is 0 Å². The second kappa shape index (κ2) is 6.89. The molecule has 0 atom stereocenters. The number of rotatable bonds is 3. The lowest BCUT2D eigenvalue weighted by Gasteiger charge is -2.13. The first kappa shape index (κ1) is 17.1. The van der Waals surface area contributed by atoms with Crippen molar-refractivity contribution in [3.05, 3.63) is 66.9 Å². The third-order valence-corrected chi connectivity index (χ3v) is 5.62. The highest BCUT2D eigenvalue weighted by Crippen LogP contribution is 2.33. The molecule has 1 aliphatic heterocycles. The summed E-state index contributed by atoms with van der Waals surface area (Å²) in [5, 5.41) is 13.1. The molecule has 6 rings (SSSR count). The van der Waals surface area contributed by atoms with Crippen molar-refractivity contribution in [1.29, 1.82) is 0 Å². The van der Waals surface area contributed by atoms with Crippen LogP contribution in [0.25, 0.3) is 50.0 Å². The van der Waals surface area contributed by atoms with E-state index >= 15 is 0 Å². The van der Waals surface area contributed by atoms with E-state index in [1.807, 2.05) is 36.9 Å². The van der Waals surface area contributed by atoms with Crippen LogP contribution < -0.4 is 5.32 Å². The van der Waals surface area contributed by atoms with Gasteiger partial charge >= 0.3 is 0 Å². The summed E-state index contributed by atoms with van der Waals surface area (Å²) in [4.78, 5) is 16.7. The normalized spacial score (nSPS) is 14.3. The molecule has 0 unspecified atom stereocenters. The maximum atomic E-state index is 4.61. The Morgan fingerprint density at radius 1 is 0.933 bits per heavy atom. The molecule has 1 aliphatic rings. The molecule has 6 heterocycles. The molecule has 0 bridgehead atoms. The average Bonchev–Trinajstić information content (AvgIpc) is 3.43. The molecule has 146 valence electrons. The third kappa shape index (κ3) is 2.79. The fourth-order valence-electron chi connectivity index (χ4n) is 4.10. The van der Waals surface area contributed by atoms with Gasteiger partial charge in [-0.25, -0.2) is 4.98 Å². The summed E-state index contributed by atoms with van der Waals surface area (Å²) in [6, 6.07) is 8.30. The smallest absolute Gasteiger partial charge is 0.155 e. The highest BCUT2D eigenvalue weighted by Gasteiger charge is 2.16. The number of fused-ring (bicyclic) bond motifs is 2. The van der Waals surface area contributed by atoms with Crippen LogP contribution >= 0.6 is 0 Å². The fourth-order valence-corrected chi connectivity index (χ4v) is 4.10. The van der Waals surface area contributed by atoms with Crippen LogP contribution in [-0.4, -0.2) is 43.2 Å². The van der Waals surface area contributed by atoms with Crippen molar-refractivity contribution in [3.63, 3.8) is 0 Å². The molecule has 0 fully saturated rings. The van der Waals surface area contributed by atoms with Gasteiger partial charge in [0.05, 0.1) is 17.4 Å². The molecule has 0 aromatic carbocycles. The molecular weight excluding hydrogens is 374 g/mol. The monoisotopic (exact) mass is 393 g/mol. The fraction of sp³-hybridized carbons (Fsp3) is 0.130. The quantitative estimate of drug-likeness (QED) is 0.432. The van der Waals surface area contributed by atoms with Gasteiger partial charge in [-0.1, -0.05) is 12.1 Å². The van der Waals surface area contributed by atoms with Crippen molar-refractivity contribution in [2.75, 3.05) is 13.1 Å². The summed E-state index contributed by atoms with van der Waals surface area (Å²) >= 11 is 0. The number of aromatic nitrogens is 6. The Kier molecular flexibility index (Phi) is 3.92. The van der Waals surface area contributed by atoms with Crippen LogP contribution in [0.15, 0.2) is 61.3 Å². The lowest BCUT2D eigenvalue weighted by Crippen LogP contribution is -2.20. The molecule has 5 aromatic rings. The van der Waals surface area contributed by atoms with E-state index in [-0.39, 0.29) is 0 Å². The number of pyridine rings is 3. The molecule has 30 heavy (non-hydrogen) atoms. The number of hydrogen-bond donors (Lipinski definition) is 3. The molecular formula is C23H19N7. The van der Waals surface area contributed by atoms with Crippen molar-refractivity contribution < 1.29 is 0 Å². The number of hydrogen-bond acceptors (Lipinski definition) is 5. The van der Waals surface area contributed by atoms with E-state index in [9.17, 15) is 0 Å². The summed E-state index contributed by atoms with van der Waals surface area (Å²) in [7, 11) is 0. The lowest BCUT2D eigenvalue weighted by molar-refractivity contribution is 0.738. The Morgan fingerprint density at radius 3 is 2.80 bits per heavy atom. The van der Waals surface area contributed by atoms with Gasteiger partial charge in [-0.15, -0.1) is 0 Å². The summed E-state index contributed by atoms with van der Waals surface area (Å²) in [5.41, 5.74) is 8.11. The van der Waals surface area contributed by atoms with Crippen LogP contribution in [0.3, 0.4) is 0 Å². The second-order valence-corrected chi connectivity index (χ2v) is 7.45. The van der Waals surface area contributed by atoms with Crippen LogP contribution in [0, 0.1) is 0 Å². The Morgan fingerprint density at radius 2 is 1.93 bits per heavy atom. The van der Waals surface area contributed by atoms with Gasteiger partial charge < -0.3 is 10.3 Å². The SMILES string of the molecule is C1=C(c2cnc3[nH]nc(-c4cc5c(-c6cccnc6)cncc5[nH]4)c3c2)CCNC1. The molecule has 0 saturated heterocycles. The number of nitrogens with zero attached hydrogens (tertiary/aromatic N) is 4. The third-order valence-electron chi connectivity index (χ3n) is 5.62. The summed E-state index contributed by atoms with van der Waals surface area (Å²) in [6.07, 6.45) is 12.5. The van der Waals surface area contributed by atoms with E-state index in [4.69, 9.17) is 0 Å². The molecule has 0 amide bonds. The number of H-pyrrole nitrogens is 2. The predicted molar refractivity (Wildman–Crippen MR) is 118 cm³/mol. The van der Waals surface area contributed by atoms with Gasteiger partial charge in [0.25, 0.3) is 0 Å². The van der Waals surface area contributed by atoms with Crippen molar-refractivity contribution in [3.8, 4) is 22.5 Å². The second-order valence-electron chi connectivity index (χ2n) is 7.45. The molecule has 0 spiro atoms. The summed E-state index contributed by atoms with van der Waals surface area (Å²) in [5.74, 6) is 0. The van der Waals surface area contributed by atoms with Crippen LogP contribution in [0.2, 0.25) is 0 Å². The van der Waals surface area contributed by atoms with Gasteiger partial charge in [0.1, 0.15) is 5.69 Å². The minimum absolute atomic E-state index is 0.785. The first-order chi connectivity index (χ1) is 14.9. The summed E-state index contributed by atoms with van der Waals surface area (Å²) < 4.78 is 0. The summed E-state index contributed by atoms with van der Waals surface area (Å²) in [6.45, 7) is 1.89. The highest BCUT2D eigenvalue weighted by atomic mass is 15.2. The highest BCUT2D eigenvalue weighted by molar-refractivity contribution is 6.00. The zero-order chi connectivity index (χ0) is 19.9. The van der Waals surface area contributed by atoms with Gasteiger partial charge in [0.15, 0.2) is 5.65 Å². The van der Waals surface area contributed by atoms with E-state index in [1.165, 1.54) is 5.57 Å². The van der Waals surface area contributed by atoms with Gasteiger partial charge in [0.2, 0.25) is 0 Å². The number of aromatic amines is 2. The molecule has 0 saturated carbocycles. The van der Waals surface area contributed by atoms with E-state index in [0.717, 1.165) is 69.5 Å². The molecule has 5 aromatic heterocycles. The lowest BCUT2D eigenvalue weighted by atomic mass is 10.0. The largest absolute Gasteiger partial charge is 0.352 e. The van der Waals surface area contributed by atoms with Gasteiger partial charge in [-0.2, -0.15) is 5.10 Å². The van der Waals surface area contributed by atoms with Crippen LogP contribution in [0.4, 0.5) is 0 Å². The van der Waals surface area contributed by atoms with Crippen molar-refractivity contribution >= 4 is 27.5 Å². The van der Waals surface area contributed by atoms with Crippen molar-refractivity contribution in [1.82, 2.24) is 35.5 Å². The van der Waals surface area contributed by atoms with Crippen LogP contribution in [0.5, 0.6) is 0 Å². The molecule has 7 heteroatoms. The maximum Gasteiger partial charge on any atom is 0.155 e. The first-order valence-corrected chi connectivity index (χ1v) is 9.98. The Balaban J connectivity index is 1.50. The zero-order valence-electron chi connectivity index (χ0n) is 16.2. The predicted octanol–water partition coefficient (Wildman–Crippen LogP) is 3.94. The van der Waals surface area contributed by atoms with Crippen molar-refractivity contribution in [2.24, 2.45) is 0 Å². The molecule has 3 N–H and O–H groups in total. The minimum Gasteiger partial charge on any atom is -0.352 e. The van der Waals surface area contributed by atoms with Gasteiger partial charge in [-0.05, 0) is 42.3 Å². The first-order valence-electron chi connectivity index (χ1n) is 9.98. The Bertz CT molecular complexity index is 1400. The van der Waals surface area contributed by atoms with E-state index in [1.54, 1.807) is 6.20 Å². The average molecular weight is 393 g/mol. The van der Waals surface area contributed by atoms with E-state index in [0.29, 0.717) is 0 Å². The Labute approximate surface area is 172 Å². The molecule has 0 radical (unpaired) electrons. The van der Waals surface area contributed by atoms with Crippen LogP contribution in [0.1, 0.15) is 12.0 Å². The Hall–Kier alpha value is -3.84. The maximum absolute atomic E-state index is 4.61. The molecule has 0 aliphatic carbocycles. The van der Waals surface area contributed by atoms with Crippen molar-refractivity contribution in [2.45, 2.75) is 6.42 Å². The van der Waals surface area contributed by atoms with E-state index in [2.05, 4.69) is 53.7 Å². The standard InChI is InChI=1S/C23H19N7/c1-2-15(10-25-5-1)19-12-26-13-21-17(19)9-20(28-21)22-18-8-16(11-27-23(18)30-29-22)14-3-6-24-7-4-14/h1-3,5,8-13,24,28H,4,6-7H2,(H,27,29,30). The van der Waals surface area contributed by atoms with Gasteiger partial charge in [0, 0.05) is 53.2 Å². The zero-order valence-corrected chi connectivity index (χ0v) is 16.2. The van der Waals surface area contributed by atoms with Gasteiger partial charge in [-0.3, -0.25) is 15.1 Å².